The predicted octanol–water partition coefficient (Wildman–Crippen LogP) is 3.81. The molecule has 1 aromatic carbocycles. The minimum absolute atomic E-state index is 0.212. The van der Waals surface area contributed by atoms with E-state index in [-0.39, 0.29) is 11.2 Å². The molecule has 1 unspecified atom stereocenters. The number of allylic oxidation sites excluding steroid dienone is 1. The Labute approximate surface area is 134 Å². The fraction of sp³-hybridized carbons (Fsp3) is 0.550. The molecule has 0 bridgehead atoms. The molecule has 1 heterocycles. The van der Waals surface area contributed by atoms with Gasteiger partial charge in [-0.1, -0.05) is 51.6 Å². The minimum Gasteiger partial charge on any atom is -0.298 e. The van der Waals surface area contributed by atoms with Crippen LogP contribution in [0, 0.1) is 17.8 Å². The molecular weight excluding hydrogens is 270 g/mol. The van der Waals surface area contributed by atoms with E-state index in [0.29, 0.717) is 12.3 Å². The Balaban J connectivity index is 1.51. The molecule has 1 aromatic rings. The maximum absolute atomic E-state index is 11.4. The molecule has 0 amide bonds. The molecule has 0 N–H and O–H groups in total. The molecule has 3 rings (SSSR count). The molecule has 1 aliphatic carbocycles. The van der Waals surface area contributed by atoms with Crippen molar-refractivity contribution in [2.24, 2.45) is 17.8 Å². The van der Waals surface area contributed by atoms with Gasteiger partial charge in [0.25, 0.3) is 0 Å². The quantitative estimate of drug-likeness (QED) is 0.770. The second kappa shape index (κ2) is 5.66. The summed E-state index contributed by atoms with van der Waals surface area (Å²) in [6.07, 6.45) is 2.19. The Morgan fingerprint density at radius 1 is 1.23 bits per heavy atom. The molecule has 0 aromatic heterocycles. The Hall–Kier alpha value is -1.41. The molecule has 22 heavy (non-hydrogen) atoms. The van der Waals surface area contributed by atoms with Crippen LogP contribution in [-0.4, -0.2) is 23.8 Å². The highest BCUT2D eigenvalue weighted by Gasteiger charge is 2.55. The van der Waals surface area contributed by atoms with E-state index < -0.39 is 0 Å². The summed E-state index contributed by atoms with van der Waals surface area (Å²) in [6.45, 7) is 13.7. The summed E-state index contributed by atoms with van der Waals surface area (Å²) in [5.74, 6) is 2.34. The minimum atomic E-state index is 0.212. The third-order valence-corrected chi connectivity index (χ3v) is 5.34. The summed E-state index contributed by atoms with van der Waals surface area (Å²) < 4.78 is 0. The van der Waals surface area contributed by atoms with Gasteiger partial charge in [0.2, 0.25) is 0 Å². The van der Waals surface area contributed by atoms with Gasteiger partial charge in [0.05, 0.1) is 0 Å². The van der Waals surface area contributed by atoms with E-state index in [0.717, 1.165) is 31.5 Å². The maximum atomic E-state index is 11.4. The zero-order chi connectivity index (χ0) is 15.9. The number of rotatable bonds is 5. The summed E-state index contributed by atoms with van der Waals surface area (Å²) in [7, 11) is 0. The molecule has 2 fully saturated rings. The number of nitrogens with zero attached hydrogens (tertiary/aromatic N) is 1. The number of likely N-dealkylation sites (tertiary alicyclic amines) is 1. The number of piperidine rings is 1. The normalized spacial score (nSPS) is 27.5. The van der Waals surface area contributed by atoms with Crippen molar-refractivity contribution < 1.29 is 4.79 Å². The number of carbonyl (C=O) groups is 1. The average molecular weight is 297 g/mol. The summed E-state index contributed by atoms with van der Waals surface area (Å²) in [4.78, 5) is 14.0. The van der Waals surface area contributed by atoms with Crippen LogP contribution >= 0.6 is 0 Å². The van der Waals surface area contributed by atoms with Gasteiger partial charge >= 0.3 is 0 Å². The van der Waals surface area contributed by atoms with Crippen molar-refractivity contribution in [2.45, 2.75) is 39.2 Å². The molecule has 1 saturated heterocycles. The van der Waals surface area contributed by atoms with E-state index >= 15 is 0 Å². The van der Waals surface area contributed by atoms with Crippen molar-refractivity contribution in [3.05, 3.63) is 48.0 Å². The molecule has 2 aliphatic rings. The van der Waals surface area contributed by atoms with Crippen LogP contribution in [0.2, 0.25) is 0 Å². The standard InChI is InChI=1S/C20H27NO/c1-5-16(22)10-17-18-12-21(13-19(17)18)11-14-6-8-15(9-7-14)20(2,3)4/h5-9,17-19H,1,10-13H2,2-4H3/t17?,18-,19+. The van der Waals surface area contributed by atoms with Crippen molar-refractivity contribution in [2.75, 3.05) is 13.1 Å². The summed E-state index contributed by atoms with van der Waals surface area (Å²) in [5.41, 5.74) is 3.01. The van der Waals surface area contributed by atoms with Crippen LogP contribution in [0.4, 0.5) is 0 Å². The smallest absolute Gasteiger partial charge is 0.155 e. The van der Waals surface area contributed by atoms with Crippen LogP contribution in [0.25, 0.3) is 0 Å². The maximum Gasteiger partial charge on any atom is 0.155 e. The second-order valence-corrected chi connectivity index (χ2v) is 8.01. The van der Waals surface area contributed by atoms with Crippen molar-refractivity contribution in [1.82, 2.24) is 4.90 Å². The van der Waals surface area contributed by atoms with Gasteiger partial charge < -0.3 is 0 Å². The van der Waals surface area contributed by atoms with Gasteiger partial charge in [-0.25, -0.2) is 0 Å². The highest BCUT2D eigenvalue weighted by molar-refractivity contribution is 5.89. The Morgan fingerprint density at radius 3 is 2.32 bits per heavy atom. The van der Waals surface area contributed by atoms with E-state index in [1.54, 1.807) is 0 Å². The Morgan fingerprint density at radius 2 is 1.82 bits per heavy atom. The molecular formula is C20H27NO. The highest BCUT2D eigenvalue weighted by atomic mass is 16.1. The molecule has 1 aliphatic heterocycles. The number of hydrogen-bond acceptors (Lipinski definition) is 2. The predicted molar refractivity (Wildman–Crippen MR) is 90.7 cm³/mol. The van der Waals surface area contributed by atoms with E-state index in [4.69, 9.17) is 0 Å². The fourth-order valence-corrected chi connectivity index (χ4v) is 3.85. The number of ketones is 1. The van der Waals surface area contributed by atoms with Gasteiger partial charge in [-0.05, 0) is 40.4 Å². The Kier molecular flexibility index (Phi) is 3.98. The van der Waals surface area contributed by atoms with E-state index in [1.807, 2.05) is 0 Å². The van der Waals surface area contributed by atoms with E-state index in [2.05, 4.69) is 56.5 Å². The van der Waals surface area contributed by atoms with Crippen LogP contribution in [0.3, 0.4) is 0 Å². The van der Waals surface area contributed by atoms with Gasteiger partial charge in [0.1, 0.15) is 0 Å². The number of carbonyl (C=O) groups excluding carboxylic acids is 1. The van der Waals surface area contributed by atoms with Gasteiger partial charge in [0, 0.05) is 26.1 Å². The largest absolute Gasteiger partial charge is 0.298 e. The molecule has 0 spiro atoms. The van der Waals surface area contributed by atoms with E-state index in [1.165, 1.54) is 17.2 Å². The second-order valence-electron chi connectivity index (χ2n) is 8.01. The fourth-order valence-electron chi connectivity index (χ4n) is 3.85. The topological polar surface area (TPSA) is 20.3 Å². The molecule has 118 valence electrons. The molecule has 3 atom stereocenters. The van der Waals surface area contributed by atoms with E-state index in [9.17, 15) is 4.79 Å². The molecule has 2 heteroatoms. The third kappa shape index (κ3) is 3.17. The van der Waals surface area contributed by atoms with Crippen molar-refractivity contribution >= 4 is 5.78 Å². The average Bonchev–Trinajstić information content (AvgIpc) is 2.92. The zero-order valence-electron chi connectivity index (χ0n) is 14.0. The first-order valence-corrected chi connectivity index (χ1v) is 8.35. The van der Waals surface area contributed by atoms with Crippen molar-refractivity contribution in [3.63, 3.8) is 0 Å². The summed E-state index contributed by atoms with van der Waals surface area (Å²) in [6, 6.07) is 9.06. The summed E-state index contributed by atoms with van der Waals surface area (Å²) >= 11 is 0. The van der Waals surface area contributed by atoms with Gasteiger partial charge in [-0.15, -0.1) is 0 Å². The molecule has 1 saturated carbocycles. The van der Waals surface area contributed by atoms with Crippen LogP contribution < -0.4 is 0 Å². The van der Waals surface area contributed by atoms with Gasteiger partial charge in [-0.2, -0.15) is 0 Å². The van der Waals surface area contributed by atoms with Crippen molar-refractivity contribution in [3.8, 4) is 0 Å². The zero-order valence-corrected chi connectivity index (χ0v) is 14.0. The van der Waals surface area contributed by atoms with Crippen molar-refractivity contribution in [1.29, 1.82) is 0 Å². The van der Waals surface area contributed by atoms with Gasteiger partial charge in [-0.3, -0.25) is 9.69 Å². The van der Waals surface area contributed by atoms with Crippen LogP contribution in [0.1, 0.15) is 38.3 Å². The lowest BCUT2D eigenvalue weighted by molar-refractivity contribution is -0.115. The Bertz CT molecular complexity index is 554. The molecule has 0 radical (unpaired) electrons. The lowest BCUT2D eigenvalue weighted by atomic mass is 9.87. The van der Waals surface area contributed by atoms with Crippen LogP contribution in [0.5, 0.6) is 0 Å². The first-order chi connectivity index (χ1) is 10.4. The monoisotopic (exact) mass is 297 g/mol. The summed E-state index contributed by atoms with van der Waals surface area (Å²) in [5, 5.41) is 0. The number of benzene rings is 1. The lowest BCUT2D eigenvalue weighted by Crippen LogP contribution is -2.24. The number of fused-ring (bicyclic) bond motifs is 1. The van der Waals surface area contributed by atoms with Gasteiger partial charge in [0.15, 0.2) is 5.78 Å². The first kappa shape index (κ1) is 15.5. The molecule has 2 nitrogen and oxygen atoms in total. The number of hydrogen-bond donors (Lipinski definition) is 0. The highest BCUT2D eigenvalue weighted by Crippen LogP contribution is 2.53. The van der Waals surface area contributed by atoms with Crippen LogP contribution in [0.15, 0.2) is 36.9 Å². The lowest BCUT2D eigenvalue weighted by Gasteiger charge is -2.21. The first-order valence-electron chi connectivity index (χ1n) is 8.35. The SMILES string of the molecule is C=CC(=O)CC1[C@H]2CN(Cc3ccc(C(C)(C)C)cc3)C[C@@H]12. The van der Waals surface area contributed by atoms with Crippen LogP contribution in [-0.2, 0) is 16.8 Å². The third-order valence-electron chi connectivity index (χ3n) is 5.34.